The van der Waals surface area contributed by atoms with Crippen molar-refractivity contribution in [3.63, 3.8) is 0 Å². The Bertz CT molecular complexity index is 1190. The number of anilines is 1. The van der Waals surface area contributed by atoms with Crippen LogP contribution in [0.4, 0.5) is 18.9 Å². The molecular formula is C22H16F3NO4. The minimum absolute atomic E-state index is 0.0134. The van der Waals surface area contributed by atoms with Gasteiger partial charge in [0.25, 0.3) is 5.91 Å². The fourth-order valence-corrected chi connectivity index (χ4v) is 3.88. The SMILES string of the molecule is Cc1c2c(c(OC(F)F)c3ccccc13)C(=O)N(c1ccc(CC(=O)O)cc1F)C2. The van der Waals surface area contributed by atoms with Gasteiger partial charge in [-0.3, -0.25) is 9.59 Å². The summed E-state index contributed by atoms with van der Waals surface area (Å²) >= 11 is 0. The van der Waals surface area contributed by atoms with Crippen LogP contribution in [-0.4, -0.2) is 23.6 Å². The number of hydrogen-bond acceptors (Lipinski definition) is 3. The Morgan fingerprint density at radius 2 is 1.90 bits per heavy atom. The molecule has 4 rings (SSSR count). The summed E-state index contributed by atoms with van der Waals surface area (Å²) in [5.74, 6) is -2.76. The van der Waals surface area contributed by atoms with Crippen molar-refractivity contribution in [3.8, 4) is 5.75 Å². The van der Waals surface area contributed by atoms with E-state index in [2.05, 4.69) is 0 Å². The van der Waals surface area contributed by atoms with Crippen molar-refractivity contribution < 1.29 is 32.6 Å². The van der Waals surface area contributed by atoms with E-state index in [1.165, 1.54) is 12.1 Å². The van der Waals surface area contributed by atoms with Crippen molar-refractivity contribution in [2.24, 2.45) is 0 Å². The highest BCUT2D eigenvalue weighted by atomic mass is 19.3. The number of halogens is 3. The van der Waals surface area contributed by atoms with E-state index in [-0.39, 0.29) is 35.5 Å². The van der Waals surface area contributed by atoms with Gasteiger partial charge in [0.2, 0.25) is 0 Å². The minimum Gasteiger partial charge on any atom is -0.481 e. The van der Waals surface area contributed by atoms with E-state index in [9.17, 15) is 22.8 Å². The summed E-state index contributed by atoms with van der Waals surface area (Å²) in [6, 6.07) is 10.5. The number of aryl methyl sites for hydroxylation is 1. The first-order valence-corrected chi connectivity index (χ1v) is 9.09. The first-order valence-electron chi connectivity index (χ1n) is 9.09. The van der Waals surface area contributed by atoms with Crippen LogP contribution in [0.3, 0.4) is 0 Å². The molecule has 0 radical (unpaired) electrons. The fraction of sp³-hybridized carbons (Fsp3) is 0.182. The molecule has 0 atom stereocenters. The van der Waals surface area contributed by atoms with Gasteiger partial charge in [-0.2, -0.15) is 8.78 Å². The zero-order valence-electron chi connectivity index (χ0n) is 15.8. The summed E-state index contributed by atoms with van der Waals surface area (Å²) in [5.41, 5.74) is 1.39. The number of fused-ring (bicyclic) bond motifs is 2. The minimum atomic E-state index is -3.13. The molecule has 0 aromatic heterocycles. The first kappa shape index (κ1) is 19.8. The Hall–Kier alpha value is -3.55. The number of nitrogens with zero attached hydrogens (tertiary/aromatic N) is 1. The number of hydrogen-bond donors (Lipinski definition) is 1. The van der Waals surface area contributed by atoms with Gasteiger partial charge in [0.15, 0.2) is 0 Å². The lowest BCUT2D eigenvalue weighted by Crippen LogP contribution is -2.24. The molecule has 1 amide bonds. The van der Waals surface area contributed by atoms with E-state index in [0.717, 1.165) is 16.5 Å². The molecule has 3 aromatic rings. The molecule has 3 aromatic carbocycles. The highest BCUT2D eigenvalue weighted by Gasteiger charge is 2.36. The van der Waals surface area contributed by atoms with Crippen LogP contribution in [-0.2, 0) is 17.8 Å². The topological polar surface area (TPSA) is 66.8 Å². The van der Waals surface area contributed by atoms with E-state index in [4.69, 9.17) is 9.84 Å². The molecule has 30 heavy (non-hydrogen) atoms. The monoisotopic (exact) mass is 415 g/mol. The first-order chi connectivity index (χ1) is 14.3. The van der Waals surface area contributed by atoms with Crippen LogP contribution >= 0.6 is 0 Å². The molecule has 0 aliphatic carbocycles. The predicted octanol–water partition coefficient (Wildman–Crippen LogP) is 4.68. The Morgan fingerprint density at radius 3 is 2.53 bits per heavy atom. The summed E-state index contributed by atoms with van der Waals surface area (Å²) in [4.78, 5) is 25.1. The second-order valence-corrected chi connectivity index (χ2v) is 6.98. The van der Waals surface area contributed by atoms with Gasteiger partial charge in [0.1, 0.15) is 11.6 Å². The third-order valence-electron chi connectivity index (χ3n) is 5.20. The molecule has 0 bridgehead atoms. The van der Waals surface area contributed by atoms with E-state index < -0.39 is 24.3 Å². The number of alkyl halides is 2. The second-order valence-electron chi connectivity index (χ2n) is 6.98. The third kappa shape index (κ3) is 3.24. The number of ether oxygens (including phenoxy) is 1. The van der Waals surface area contributed by atoms with Crippen molar-refractivity contribution in [2.75, 3.05) is 4.90 Å². The Morgan fingerprint density at radius 1 is 1.20 bits per heavy atom. The second kappa shape index (κ2) is 7.37. The van der Waals surface area contributed by atoms with Gasteiger partial charge < -0.3 is 14.7 Å². The maximum absolute atomic E-state index is 14.7. The number of carbonyl (C=O) groups excluding carboxylic acids is 1. The molecule has 1 aliphatic heterocycles. The number of benzene rings is 3. The molecule has 0 unspecified atom stereocenters. The van der Waals surface area contributed by atoms with E-state index in [0.29, 0.717) is 16.3 Å². The predicted molar refractivity (Wildman–Crippen MR) is 104 cm³/mol. The van der Waals surface area contributed by atoms with Crippen molar-refractivity contribution in [2.45, 2.75) is 26.5 Å². The average molecular weight is 415 g/mol. The van der Waals surface area contributed by atoms with Gasteiger partial charge in [0.05, 0.1) is 24.2 Å². The van der Waals surface area contributed by atoms with Crippen LogP contribution in [0.25, 0.3) is 10.8 Å². The van der Waals surface area contributed by atoms with E-state index in [1.807, 2.05) is 0 Å². The molecule has 0 fully saturated rings. The van der Waals surface area contributed by atoms with Gasteiger partial charge in [-0.05, 0) is 41.1 Å². The molecule has 8 heteroatoms. The molecule has 0 saturated heterocycles. The smallest absolute Gasteiger partial charge is 0.387 e. The van der Waals surface area contributed by atoms with Crippen LogP contribution < -0.4 is 9.64 Å². The number of carboxylic acids is 1. The lowest BCUT2D eigenvalue weighted by Gasteiger charge is -2.17. The summed E-state index contributed by atoms with van der Waals surface area (Å²) in [5, 5.41) is 9.90. The number of carbonyl (C=O) groups is 2. The van der Waals surface area contributed by atoms with E-state index in [1.54, 1.807) is 31.2 Å². The summed E-state index contributed by atoms with van der Waals surface area (Å²) in [6.45, 7) is -1.37. The highest BCUT2D eigenvalue weighted by molar-refractivity contribution is 6.16. The van der Waals surface area contributed by atoms with Crippen molar-refractivity contribution in [1.82, 2.24) is 0 Å². The zero-order valence-corrected chi connectivity index (χ0v) is 15.8. The van der Waals surface area contributed by atoms with Crippen molar-refractivity contribution in [1.29, 1.82) is 0 Å². The molecule has 1 N–H and O–H groups in total. The molecule has 1 heterocycles. The standard InChI is InChI=1S/C22H16F3NO4/c1-11-13-4-2-3-5-14(13)20(30-22(24)25)19-15(11)10-26(21(19)29)17-7-6-12(8-16(17)23)9-18(27)28/h2-8,22H,9-10H2,1H3,(H,27,28). The highest BCUT2D eigenvalue weighted by Crippen LogP contribution is 2.43. The lowest BCUT2D eigenvalue weighted by molar-refractivity contribution is -0.136. The quantitative estimate of drug-likeness (QED) is 0.657. The maximum Gasteiger partial charge on any atom is 0.387 e. The van der Waals surface area contributed by atoms with Crippen LogP contribution in [0, 0.1) is 12.7 Å². The van der Waals surface area contributed by atoms with Crippen LogP contribution in [0.5, 0.6) is 5.75 Å². The molecular weight excluding hydrogens is 399 g/mol. The molecule has 0 saturated carbocycles. The van der Waals surface area contributed by atoms with Gasteiger partial charge in [-0.1, -0.05) is 30.3 Å². The Labute approximate surface area is 169 Å². The number of carboxylic acid groups (broad SMARTS) is 1. The summed E-state index contributed by atoms with van der Waals surface area (Å²) in [6.07, 6.45) is -0.359. The van der Waals surface area contributed by atoms with Crippen molar-refractivity contribution >= 4 is 28.3 Å². The van der Waals surface area contributed by atoms with Gasteiger partial charge in [-0.15, -0.1) is 0 Å². The Kier molecular flexibility index (Phi) is 4.85. The largest absolute Gasteiger partial charge is 0.481 e. The molecule has 154 valence electrons. The van der Waals surface area contributed by atoms with Gasteiger partial charge in [0, 0.05) is 5.39 Å². The maximum atomic E-state index is 14.7. The fourth-order valence-electron chi connectivity index (χ4n) is 3.88. The summed E-state index contributed by atoms with van der Waals surface area (Å²) < 4.78 is 45.7. The van der Waals surface area contributed by atoms with E-state index >= 15 is 0 Å². The molecule has 0 spiro atoms. The normalized spacial score (nSPS) is 13.2. The van der Waals surface area contributed by atoms with Gasteiger partial charge >= 0.3 is 12.6 Å². The van der Waals surface area contributed by atoms with Crippen LogP contribution in [0.2, 0.25) is 0 Å². The van der Waals surface area contributed by atoms with Crippen molar-refractivity contribution in [3.05, 3.63) is 70.5 Å². The zero-order chi connectivity index (χ0) is 21.6. The average Bonchev–Trinajstić information content (AvgIpc) is 3.02. The lowest BCUT2D eigenvalue weighted by atomic mass is 9.95. The number of rotatable bonds is 5. The van der Waals surface area contributed by atoms with Crippen LogP contribution in [0.15, 0.2) is 42.5 Å². The van der Waals surface area contributed by atoms with Gasteiger partial charge in [-0.25, -0.2) is 4.39 Å². The molecule has 5 nitrogen and oxygen atoms in total. The number of aliphatic carboxylic acids is 1. The Balaban J connectivity index is 1.84. The summed E-state index contributed by atoms with van der Waals surface area (Å²) in [7, 11) is 0. The number of amides is 1. The van der Waals surface area contributed by atoms with Crippen LogP contribution in [0.1, 0.15) is 27.0 Å². The molecule has 1 aliphatic rings. The third-order valence-corrected chi connectivity index (χ3v) is 5.20.